The van der Waals surface area contributed by atoms with Crippen molar-refractivity contribution in [2.75, 3.05) is 0 Å². The van der Waals surface area contributed by atoms with Gasteiger partial charge in [0.25, 0.3) is 0 Å². The summed E-state index contributed by atoms with van der Waals surface area (Å²) in [7, 11) is 0.969. The van der Waals surface area contributed by atoms with Crippen molar-refractivity contribution in [3.63, 3.8) is 0 Å². The first-order valence-electron chi connectivity index (χ1n) is 14.4. The molecule has 4 nitrogen and oxygen atoms in total. The summed E-state index contributed by atoms with van der Waals surface area (Å²) in [6.45, 7) is 19.6. The standard InChI is InChI=1S/C30H56B2O4/c1-11-13-15-17-19-23-21-26(32-36-30(9,10)28(5,6)34)24(20-18-16-14-12-2)22-25(23)31-35-29(7,8)27(3,4)33/h21-22,31-34H,11-20H2,1-10H3. The van der Waals surface area contributed by atoms with E-state index in [0.29, 0.717) is 15.0 Å². The number of hydrogen-bond donors (Lipinski definition) is 2. The van der Waals surface area contributed by atoms with Crippen molar-refractivity contribution in [2.24, 2.45) is 0 Å². The van der Waals surface area contributed by atoms with E-state index in [-0.39, 0.29) is 0 Å². The lowest BCUT2D eigenvalue weighted by molar-refractivity contribution is -0.0893. The first kappa shape index (κ1) is 33.2. The van der Waals surface area contributed by atoms with Gasteiger partial charge in [0.15, 0.2) is 0 Å². The fourth-order valence-corrected chi connectivity index (χ4v) is 3.88. The molecule has 0 saturated carbocycles. The molecule has 0 saturated heterocycles. The molecule has 0 bridgehead atoms. The third-order valence-electron chi connectivity index (χ3n) is 8.24. The molecule has 0 amide bonds. The molecule has 0 radical (unpaired) electrons. The highest BCUT2D eigenvalue weighted by Gasteiger charge is 2.37. The van der Waals surface area contributed by atoms with E-state index < -0.39 is 22.4 Å². The predicted octanol–water partition coefficient (Wildman–Crippen LogP) is 5.02. The van der Waals surface area contributed by atoms with Crippen LogP contribution in [0.5, 0.6) is 0 Å². The van der Waals surface area contributed by atoms with Crippen LogP contribution < -0.4 is 10.9 Å². The van der Waals surface area contributed by atoms with Crippen LogP contribution in [0.15, 0.2) is 12.1 Å². The van der Waals surface area contributed by atoms with Gasteiger partial charge in [0.2, 0.25) is 0 Å². The molecule has 0 heterocycles. The lowest BCUT2D eigenvalue weighted by Gasteiger charge is -2.38. The SMILES string of the molecule is CCCCCCc1cc(BOC(C)(C)C(C)(C)O)c(CCCCCC)cc1BOC(C)(C)C(C)(C)O. The van der Waals surface area contributed by atoms with Crippen LogP contribution in [0, 0.1) is 0 Å². The molecule has 206 valence electrons. The molecule has 0 fully saturated rings. The average molecular weight is 502 g/mol. The second-order valence-electron chi connectivity index (χ2n) is 12.7. The molecule has 0 aliphatic carbocycles. The molecular weight excluding hydrogens is 446 g/mol. The largest absolute Gasteiger partial charge is 0.427 e. The molecular formula is C30H56B2O4. The third-order valence-corrected chi connectivity index (χ3v) is 8.24. The summed E-state index contributed by atoms with van der Waals surface area (Å²) in [5, 5.41) is 21.2. The zero-order valence-corrected chi connectivity index (χ0v) is 25.4. The van der Waals surface area contributed by atoms with Gasteiger partial charge in [-0.1, -0.05) is 75.6 Å². The Balaban J connectivity index is 3.32. The zero-order chi connectivity index (χ0) is 27.6. The van der Waals surface area contributed by atoms with Gasteiger partial charge in [-0.15, -0.1) is 0 Å². The van der Waals surface area contributed by atoms with E-state index in [4.69, 9.17) is 9.31 Å². The fraction of sp³-hybridized carbons (Fsp3) is 0.800. The Morgan fingerprint density at radius 2 is 0.917 bits per heavy atom. The van der Waals surface area contributed by atoms with Crippen molar-refractivity contribution in [3.8, 4) is 0 Å². The Bertz CT molecular complexity index is 711. The normalized spacial score (nSPS) is 13.2. The molecule has 0 atom stereocenters. The zero-order valence-electron chi connectivity index (χ0n) is 25.4. The van der Waals surface area contributed by atoms with Gasteiger partial charge in [0.1, 0.15) is 0 Å². The maximum Gasteiger partial charge on any atom is 0.309 e. The molecule has 2 N–H and O–H groups in total. The second kappa shape index (κ2) is 14.4. The lowest BCUT2D eigenvalue weighted by Crippen LogP contribution is -2.50. The number of benzene rings is 1. The van der Waals surface area contributed by atoms with Crippen molar-refractivity contribution in [1.29, 1.82) is 0 Å². The van der Waals surface area contributed by atoms with Crippen LogP contribution >= 0.6 is 0 Å². The molecule has 0 aromatic heterocycles. The number of hydrogen-bond acceptors (Lipinski definition) is 4. The minimum absolute atomic E-state index is 0.484. The van der Waals surface area contributed by atoms with Crippen molar-refractivity contribution in [3.05, 3.63) is 23.3 Å². The van der Waals surface area contributed by atoms with Crippen molar-refractivity contribution < 1.29 is 19.5 Å². The van der Waals surface area contributed by atoms with Crippen LogP contribution in [-0.4, -0.2) is 47.6 Å². The van der Waals surface area contributed by atoms with Crippen molar-refractivity contribution in [2.45, 2.75) is 156 Å². The van der Waals surface area contributed by atoms with E-state index in [1.165, 1.54) is 60.6 Å². The van der Waals surface area contributed by atoms with Crippen LogP contribution in [0.4, 0.5) is 0 Å². The minimum Gasteiger partial charge on any atom is -0.427 e. The molecule has 0 aliphatic heterocycles. The van der Waals surface area contributed by atoms with Crippen LogP contribution in [0.3, 0.4) is 0 Å². The summed E-state index contributed by atoms with van der Waals surface area (Å²) in [6, 6.07) is 4.66. The Morgan fingerprint density at radius 1 is 0.583 bits per heavy atom. The summed E-state index contributed by atoms with van der Waals surface area (Å²) < 4.78 is 12.7. The molecule has 1 aromatic carbocycles. The molecule has 1 rings (SSSR count). The first-order chi connectivity index (χ1) is 16.6. The topological polar surface area (TPSA) is 58.9 Å². The van der Waals surface area contributed by atoms with Gasteiger partial charge >= 0.3 is 15.0 Å². The maximum atomic E-state index is 10.6. The van der Waals surface area contributed by atoms with Gasteiger partial charge < -0.3 is 19.5 Å². The molecule has 6 heteroatoms. The van der Waals surface area contributed by atoms with Crippen LogP contribution in [0.25, 0.3) is 0 Å². The smallest absolute Gasteiger partial charge is 0.309 e. The highest BCUT2D eigenvalue weighted by atomic mass is 16.5. The summed E-state index contributed by atoms with van der Waals surface area (Å²) >= 11 is 0. The summed E-state index contributed by atoms with van der Waals surface area (Å²) in [5.41, 5.74) is 1.88. The summed E-state index contributed by atoms with van der Waals surface area (Å²) in [4.78, 5) is 0. The Labute approximate surface area is 224 Å². The number of aryl methyl sites for hydroxylation is 2. The monoisotopic (exact) mass is 502 g/mol. The maximum absolute atomic E-state index is 10.6. The van der Waals surface area contributed by atoms with Gasteiger partial charge in [-0.25, -0.2) is 0 Å². The number of unbranched alkanes of at least 4 members (excludes halogenated alkanes) is 6. The van der Waals surface area contributed by atoms with E-state index in [0.717, 1.165) is 25.7 Å². The average Bonchev–Trinajstić information content (AvgIpc) is 2.76. The summed E-state index contributed by atoms with van der Waals surface area (Å²) in [5.74, 6) is 0. The van der Waals surface area contributed by atoms with Crippen molar-refractivity contribution in [1.82, 2.24) is 0 Å². The molecule has 0 aliphatic rings. The minimum atomic E-state index is -0.937. The van der Waals surface area contributed by atoms with E-state index >= 15 is 0 Å². The Morgan fingerprint density at radius 3 is 1.19 bits per heavy atom. The van der Waals surface area contributed by atoms with E-state index in [1.807, 2.05) is 55.4 Å². The van der Waals surface area contributed by atoms with E-state index in [9.17, 15) is 10.2 Å². The van der Waals surface area contributed by atoms with E-state index in [2.05, 4.69) is 26.0 Å². The van der Waals surface area contributed by atoms with Crippen LogP contribution in [0.1, 0.15) is 132 Å². The van der Waals surface area contributed by atoms with E-state index in [1.54, 1.807) is 0 Å². The van der Waals surface area contributed by atoms with Crippen LogP contribution in [-0.2, 0) is 22.2 Å². The van der Waals surface area contributed by atoms with Gasteiger partial charge in [0.05, 0.1) is 22.4 Å². The summed E-state index contributed by atoms with van der Waals surface area (Å²) in [6.07, 6.45) is 11.7. The van der Waals surface area contributed by atoms with Gasteiger partial charge in [-0.2, -0.15) is 0 Å². The molecule has 36 heavy (non-hydrogen) atoms. The molecule has 0 unspecified atom stereocenters. The third kappa shape index (κ3) is 10.5. The number of rotatable bonds is 18. The number of aliphatic hydroxyl groups is 2. The van der Waals surface area contributed by atoms with Gasteiger partial charge in [-0.05, 0) is 92.0 Å². The Kier molecular flexibility index (Phi) is 13.3. The quantitative estimate of drug-likeness (QED) is 0.219. The Hall–Kier alpha value is -0.810. The van der Waals surface area contributed by atoms with Crippen LogP contribution in [0.2, 0.25) is 0 Å². The molecule has 1 aromatic rings. The highest BCUT2D eigenvalue weighted by molar-refractivity contribution is 6.50. The first-order valence-corrected chi connectivity index (χ1v) is 14.4. The fourth-order valence-electron chi connectivity index (χ4n) is 3.88. The predicted molar refractivity (Wildman–Crippen MR) is 159 cm³/mol. The lowest BCUT2D eigenvalue weighted by atomic mass is 9.72. The molecule has 0 spiro atoms. The van der Waals surface area contributed by atoms with Crippen molar-refractivity contribution >= 4 is 25.9 Å². The highest BCUT2D eigenvalue weighted by Crippen LogP contribution is 2.26. The second-order valence-corrected chi connectivity index (χ2v) is 12.7. The van der Waals surface area contributed by atoms with Gasteiger partial charge in [-0.3, -0.25) is 0 Å². The van der Waals surface area contributed by atoms with Gasteiger partial charge in [0, 0.05) is 0 Å².